The van der Waals surface area contributed by atoms with Crippen LogP contribution in [-0.4, -0.2) is 18.0 Å². The molecule has 0 heterocycles. The van der Waals surface area contributed by atoms with Gasteiger partial charge in [-0.25, -0.2) is 0 Å². The SMILES string of the molecule is COc1ccc([C@]2(O)c3cccc(Cl)c3C(=O)c3cccc(Cl)c32)cc1. The van der Waals surface area contributed by atoms with Gasteiger partial charge in [-0.1, -0.05) is 59.6 Å². The van der Waals surface area contributed by atoms with Crippen LogP contribution in [0.1, 0.15) is 32.6 Å². The first-order valence-corrected chi connectivity index (χ1v) is 8.73. The monoisotopic (exact) mass is 384 g/mol. The van der Waals surface area contributed by atoms with Crippen LogP contribution < -0.4 is 4.74 Å². The van der Waals surface area contributed by atoms with Crippen molar-refractivity contribution < 1.29 is 14.6 Å². The van der Waals surface area contributed by atoms with Gasteiger partial charge in [0.25, 0.3) is 0 Å². The summed E-state index contributed by atoms with van der Waals surface area (Å²) < 4.78 is 5.21. The van der Waals surface area contributed by atoms with Crippen molar-refractivity contribution in [2.24, 2.45) is 0 Å². The number of benzene rings is 3. The second-order valence-corrected chi connectivity index (χ2v) is 6.91. The Morgan fingerprint density at radius 3 is 2.27 bits per heavy atom. The molecule has 1 atom stereocenters. The zero-order valence-corrected chi connectivity index (χ0v) is 15.3. The zero-order chi connectivity index (χ0) is 18.5. The van der Waals surface area contributed by atoms with E-state index in [1.54, 1.807) is 67.8 Å². The second kappa shape index (κ2) is 6.13. The number of rotatable bonds is 2. The van der Waals surface area contributed by atoms with Gasteiger partial charge in [-0.15, -0.1) is 0 Å². The Kier molecular flexibility index (Phi) is 4.03. The molecule has 0 radical (unpaired) electrons. The third kappa shape index (κ3) is 2.28. The Morgan fingerprint density at radius 2 is 1.58 bits per heavy atom. The van der Waals surface area contributed by atoms with Gasteiger partial charge < -0.3 is 9.84 Å². The predicted octanol–water partition coefficient (Wildman–Crippen LogP) is 4.83. The molecule has 3 aromatic rings. The number of aliphatic hydroxyl groups is 1. The van der Waals surface area contributed by atoms with E-state index in [-0.39, 0.29) is 5.78 Å². The van der Waals surface area contributed by atoms with E-state index in [1.165, 1.54) is 0 Å². The molecule has 1 aliphatic rings. The molecular weight excluding hydrogens is 371 g/mol. The van der Waals surface area contributed by atoms with Gasteiger partial charge in [-0.3, -0.25) is 4.79 Å². The summed E-state index contributed by atoms with van der Waals surface area (Å²) >= 11 is 12.8. The fraction of sp³-hybridized carbons (Fsp3) is 0.0952. The van der Waals surface area contributed by atoms with Gasteiger partial charge in [0.1, 0.15) is 11.4 Å². The molecule has 26 heavy (non-hydrogen) atoms. The van der Waals surface area contributed by atoms with Crippen LogP contribution in [-0.2, 0) is 5.60 Å². The van der Waals surface area contributed by atoms with E-state index in [0.29, 0.717) is 43.6 Å². The summed E-state index contributed by atoms with van der Waals surface area (Å²) in [5.74, 6) is 0.413. The first kappa shape index (κ1) is 17.1. The van der Waals surface area contributed by atoms with E-state index >= 15 is 0 Å². The molecule has 0 bridgehead atoms. The number of carbonyl (C=O) groups excluding carboxylic acids is 1. The summed E-state index contributed by atoms with van der Waals surface area (Å²) in [6.07, 6.45) is 0. The molecule has 1 aliphatic carbocycles. The van der Waals surface area contributed by atoms with Gasteiger partial charge in [0.05, 0.1) is 12.1 Å². The van der Waals surface area contributed by atoms with Crippen molar-refractivity contribution in [3.63, 3.8) is 0 Å². The summed E-state index contributed by atoms with van der Waals surface area (Å²) in [7, 11) is 1.57. The minimum atomic E-state index is -1.60. The number of carbonyl (C=O) groups is 1. The molecule has 0 aliphatic heterocycles. The fourth-order valence-corrected chi connectivity index (χ4v) is 4.11. The van der Waals surface area contributed by atoms with Crippen molar-refractivity contribution in [1.82, 2.24) is 0 Å². The van der Waals surface area contributed by atoms with E-state index in [2.05, 4.69) is 0 Å². The molecule has 0 spiro atoms. The minimum absolute atomic E-state index is 0.249. The van der Waals surface area contributed by atoms with Crippen LogP contribution in [0.2, 0.25) is 10.0 Å². The topological polar surface area (TPSA) is 46.5 Å². The molecule has 5 heteroatoms. The highest BCUT2D eigenvalue weighted by molar-refractivity contribution is 6.37. The smallest absolute Gasteiger partial charge is 0.195 e. The van der Waals surface area contributed by atoms with Crippen LogP contribution in [0.15, 0.2) is 60.7 Å². The summed E-state index contributed by atoms with van der Waals surface area (Å²) in [6.45, 7) is 0. The summed E-state index contributed by atoms with van der Waals surface area (Å²) in [5.41, 5.74) is 0.392. The highest BCUT2D eigenvalue weighted by Gasteiger charge is 2.45. The van der Waals surface area contributed by atoms with E-state index in [4.69, 9.17) is 27.9 Å². The largest absolute Gasteiger partial charge is 0.497 e. The molecule has 130 valence electrons. The van der Waals surface area contributed by atoms with Gasteiger partial charge in [0, 0.05) is 27.3 Å². The van der Waals surface area contributed by atoms with Crippen molar-refractivity contribution in [2.75, 3.05) is 7.11 Å². The van der Waals surface area contributed by atoms with Gasteiger partial charge in [0.15, 0.2) is 5.78 Å². The Balaban J connectivity index is 2.10. The van der Waals surface area contributed by atoms with Crippen LogP contribution in [0, 0.1) is 0 Å². The van der Waals surface area contributed by atoms with Crippen molar-refractivity contribution in [3.05, 3.63) is 98.5 Å². The number of hydrogen-bond acceptors (Lipinski definition) is 3. The number of fused-ring (bicyclic) bond motifs is 2. The molecule has 0 unspecified atom stereocenters. The number of hydrogen-bond donors (Lipinski definition) is 1. The number of ether oxygens (including phenoxy) is 1. The molecule has 0 amide bonds. The number of methoxy groups -OCH3 is 1. The molecule has 0 fully saturated rings. The normalized spacial score (nSPS) is 18.2. The third-order valence-electron chi connectivity index (χ3n) is 4.76. The Bertz CT molecular complexity index is 1030. The van der Waals surface area contributed by atoms with Crippen molar-refractivity contribution in [3.8, 4) is 5.75 Å². The van der Waals surface area contributed by atoms with Crippen LogP contribution in [0.5, 0.6) is 5.75 Å². The zero-order valence-electron chi connectivity index (χ0n) is 13.8. The lowest BCUT2D eigenvalue weighted by Gasteiger charge is -2.37. The molecule has 0 aromatic heterocycles. The quantitative estimate of drug-likeness (QED) is 0.687. The highest BCUT2D eigenvalue weighted by atomic mass is 35.5. The Morgan fingerprint density at radius 1 is 0.923 bits per heavy atom. The molecule has 3 aromatic carbocycles. The second-order valence-electron chi connectivity index (χ2n) is 6.09. The number of ketones is 1. The van der Waals surface area contributed by atoms with Crippen LogP contribution in [0.4, 0.5) is 0 Å². The van der Waals surface area contributed by atoms with Crippen LogP contribution in [0.25, 0.3) is 0 Å². The average molecular weight is 385 g/mol. The maximum absolute atomic E-state index is 13.0. The molecule has 1 N–H and O–H groups in total. The van der Waals surface area contributed by atoms with Crippen LogP contribution >= 0.6 is 23.2 Å². The lowest BCUT2D eigenvalue weighted by atomic mass is 9.71. The van der Waals surface area contributed by atoms with E-state index in [0.717, 1.165) is 0 Å². The van der Waals surface area contributed by atoms with Gasteiger partial charge >= 0.3 is 0 Å². The molecule has 3 nitrogen and oxygen atoms in total. The molecule has 0 saturated heterocycles. The van der Waals surface area contributed by atoms with Gasteiger partial charge in [0.2, 0.25) is 0 Å². The first-order valence-electron chi connectivity index (χ1n) is 7.98. The van der Waals surface area contributed by atoms with E-state index < -0.39 is 5.60 Å². The summed E-state index contributed by atoms with van der Waals surface area (Å²) in [6, 6.07) is 17.1. The third-order valence-corrected chi connectivity index (χ3v) is 5.39. The Hall–Kier alpha value is -2.33. The van der Waals surface area contributed by atoms with Crippen molar-refractivity contribution >= 4 is 29.0 Å². The molecular formula is C21H14Cl2O3. The predicted molar refractivity (Wildman–Crippen MR) is 101 cm³/mol. The molecule has 0 saturated carbocycles. The lowest BCUT2D eigenvalue weighted by Crippen LogP contribution is -2.37. The highest BCUT2D eigenvalue weighted by Crippen LogP contribution is 2.48. The summed E-state index contributed by atoms with van der Waals surface area (Å²) in [4.78, 5) is 13.0. The van der Waals surface area contributed by atoms with Crippen molar-refractivity contribution in [2.45, 2.75) is 5.60 Å². The van der Waals surface area contributed by atoms with E-state index in [9.17, 15) is 9.90 Å². The lowest BCUT2D eigenvalue weighted by molar-refractivity contribution is 0.0950. The first-order chi connectivity index (χ1) is 12.5. The maximum atomic E-state index is 13.0. The van der Waals surface area contributed by atoms with Crippen molar-refractivity contribution in [1.29, 1.82) is 0 Å². The minimum Gasteiger partial charge on any atom is -0.497 e. The standard InChI is InChI=1S/C21H14Cl2O3/c1-26-13-10-8-12(9-11-13)21(25)15-5-3-6-16(22)18(15)20(24)14-4-2-7-17(23)19(14)21/h2-11,25H,1H3/t21-/m0/s1. The van der Waals surface area contributed by atoms with Gasteiger partial charge in [-0.05, 0) is 29.8 Å². The van der Waals surface area contributed by atoms with E-state index in [1.807, 2.05) is 0 Å². The Labute approximate surface area is 160 Å². The fourth-order valence-electron chi connectivity index (χ4n) is 3.54. The number of halogens is 2. The molecule has 4 rings (SSSR count). The maximum Gasteiger partial charge on any atom is 0.195 e. The average Bonchev–Trinajstić information content (AvgIpc) is 2.66. The van der Waals surface area contributed by atoms with Crippen LogP contribution in [0.3, 0.4) is 0 Å². The summed E-state index contributed by atoms with van der Waals surface area (Å²) in [5, 5.41) is 12.5. The van der Waals surface area contributed by atoms with Gasteiger partial charge in [-0.2, -0.15) is 0 Å².